The molecule has 2 rings (SSSR count). The maximum Gasteiger partial charge on any atom is 0.191 e. The van der Waals surface area contributed by atoms with Gasteiger partial charge in [-0.25, -0.2) is 0 Å². The molecule has 0 atom stereocenters. The zero-order valence-corrected chi connectivity index (χ0v) is 12.6. The highest BCUT2D eigenvalue weighted by molar-refractivity contribution is 5.79. The van der Waals surface area contributed by atoms with Crippen molar-refractivity contribution in [3.63, 3.8) is 0 Å². The molecule has 0 aliphatic carbocycles. The highest BCUT2D eigenvalue weighted by Gasteiger charge is 2.01. The topological polar surface area (TPSA) is 63.5 Å². The molecule has 1 heterocycles. The van der Waals surface area contributed by atoms with E-state index in [1.165, 1.54) is 5.56 Å². The van der Waals surface area contributed by atoms with Crippen LogP contribution in [0.5, 0.6) is 5.75 Å². The molecule has 0 amide bonds. The Hall–Kier alpha value is -2.50. The Labute approximate surface area is 124 Å². The number of rotatable bonds is 5. The molecular weight excluding hydrogens is 266 g/mol. The predicted molar refractivity (Wildman–Crippen MR) is 83.2 cm³/mol. The summed E-state index contributed by atoms with van der Waals surface area (Å²) in [4.78, 5) is 4.21. The maximum atomic E-state index is 5.14. The van der Waals surface area contributed by atoms with Crippen molar-refractivity contribution in [3.8, 4) is 5.75 Å². The molecule has 0 aliphatic heterocycles. The minimum atomic E-state index is 0.679. The van der Waals surface area contributed by atoms with E-state index in [2.05, 4.69) is 20.7 Å². The molecule has 112 valence electrons. The lowest BCUT2D eigenvalue weighted by Crippen LogP contribution is -2.36. The number of guanidine groups is 1. The molecule has 1 aromatic carbocycles. The number of nitrogens with one attached hydrogen (secondary N) is 2. The van der Waals surface area contributed by atoms with E-state index in [9.17, 15) is 0 Å². The third kappa shape index (κ3) is 4.24. The van der Waals surface area contributed by atoms with E-state index >= 15 is 0 Å². The van der Waals surface area contributed by atoms with Gasteiger partial charge in [0, 0.05) is 26.8 Å². The number of aryl methyl sites for hydroxylation is 1. The molecule has 0 radical (unpaired) electrons. The van der Waals surface area contributed by atoms with Crippen LogP contribution in [-0.2, 0) is 20.1 Å². The summed E-state index contributed by atoms with van der Waals surface area (Å²) in [6.07, 6.45) is 1.78. The van der Waals surface area contributed by atoms with Crippen LogP contribution >= 0.6 is 0 Å². The van der Waals surface area contributed by atoms with E-state index in [4.69, 9.17) is 4.74 Å². The highest BCUT2D eigenvalue weighted by Crippen LogP contribution is 2.10. The molecule has 6 heteroatoms. The van der Waals surface area contributed by atoms with Crippen LogP contribution in [0.1, 0.15) is 11.3 Å². The molecule has 6 nitrogen and oxygen atoms in total. The molecule has 0 fully saturated rings. The molecular formula is C15H21N5O. The number of hydrogen-bond donors (Lipinski definition) is 2. The summed E-state index contributed by atoms with van der Waals surface area (Å²) in [6, 6.07) is 9.93. The van der Waals surface area contributed by atoms with E-state index in [0.29, 0.717) is 13.1 Å². The Morgan fingerprint density at radius 1 is 1.19 bits per heavy atom. The zero-order valence-electron chi connectivity index (χ0n) is 12.6. The third-order valence-corrected chi connectivity index (χ3v) is 3.20. The van der Waals surface area contributed by atoms with Gasteiger partial charge >= 0.3 is 0 Å². The molecule has 0 saturated carbocycles. The number of aliphatic imine (C=N–C) groups is 1. The fourth-order valence-corrected chi connectivity index (χ4v) is 1.90. The van der Waals surface area contributed by atoms with Crippen LogP contribution in [0.25, 0.3) is 0 Å². The zero-order chi connectivity index (χ0) is 15.1. The van der Waals surface area contributed by atoms with Gasteiger partial charge in [0.05, 0.1) is 19.3 Å². The van der Waals surface area contributed by atoms with Gasteiger partial charge in [-0.15, -0.1) is 0 Å². The van der Waals surface area contributed by atoms with Crippen LogP contribution in [0.4, 0.5) is 0 Å². The Bertz CT molecular complexity index is 588. The van der Waals surface area contributed by atoms with Crippen molar-refractivity contribution in [3.05, 3.63) is 47.8 Å². The second-order valence-electron chi connectivity index (χ2n) is 4.57. The van der Waals surface area contributed by atoms with Gasteiger partial charge in [0.1, 0.15) is 5.75 Å². The summed E-state index contributed by atoms with van der Waals surface area (Å²) in [6.45, 7) is 1.38. The summed E-state index contributed by atoms with van der Waals surface area (Å²) in [5.41, 5.74) is 2.27. The van der Waals surface area contributed by atoms with Gasteiger partial charge in [-0.2, -0.15) is 5.10 Å². The summed E-state index contributed by atoms with van der Waals surface area (Å²) in [7, 11) is 5.34. The normalized spacial score (nSPS) is 11.3. The number of methoxy groups -OCH3 is 1. The molecule has 0 aliphatic rings. The first-order chi connectivity index (χ1) is 10.2. The average molecular weight is 287 g/mol. The molecule has 0 saturated heterocycles. The van der Waals surface area contributed by atoms with Gasteiger partial charge in [-0.1, -0.05) is 12.1 Å². The van der Waals surface area contributed by atoms with Crippen LogP contribution in [-0.4, -0.2) is 29.9 Å². The molecule has 2 N–H and O–H groups in total. The number of benzene rings is 1. The monoisotopic (exact) mass is 287 g/mol. The van der Waals surface area contributed by atoms with Gasteiger partial charge in [0.2, 0.25) is 0 Å². The first kappa shape index (κ1) is 14.9. The quantitative estimate of drug-likeness (QED) is 0.642. The lowest BCUT2D eigenvalue weighted by Gasteiger charge is -2.12. The van der Waals surface area contributed by atoms with Crippen LogP contribution in [0.3, 0.4) is 0 Å². The van der Waals surface area contributed by atoms with E-state index in [1.807, 2.05) is 42.1 Å². The largest absolute Gasteiger partial charge is 0.497 e. The first-order valence-corrected chi connectivity index (χ1v) is 6.77. The predicted octanol–water partition coefficient (Wildman–Crippen LogP) is 1.29. The van der Waals surface area contributed by atoms with E-state index in [-0.39, 0.29) is 0 Å². The summed E-state index contributed by atoms with van der Waals surface area (Å²) < 4.78 is 6.98. The highest BCUT2D eigenvalue weighted by atomic mass is 16.5. The minimum absolute atomic E-state index is 0.679. The van der Waals surface area contributed by atoms with Crippen LogP contribution in [0.2, 0.25) is 0 Å². The fourth-order valence-electron chi connectivity index (χ4n) is 1.90. The number of nitrogens with zero attached hydrogens (tertiary/aromatic N) is 3. The summed E-state index contributed by atoms with van der Waals surface area (Å²) in [5.74, 6) is 1.62. The van der Waals surface area contributed by atoms with E-state index in [0.717, 1.165) is 17.4 Å². The molecule has 21 heavy (non-hydrogen) atoms. The Kier molecular flexibility index (Phi) is 5.20. The Morgan fingerprint density at radius 2 is 1.90 bits per heavy atom. The summed E-state index contributed by atoms with van der Waals surface area (Å²) in [5, 5.41) is 10.7. The standard InChI is InChI=1S/C15H21N5O/c1-16-15(18-11-13-8-9-19-20(13)2)17-10-12-4-6-14(21-3)7-5-12/h4-9H,10-11H2,1-3H3,(H2,16,17,18). The van der Waals surface area contributed by atoms with Crippen LogP contribution in [0, 0.1) is 0 Å². The first-order valence-electron chi connectivity index (χ1n) is 6.77. The van der Waals surface area contributed by atoms with Gasteiger partial charge in [0.15, 0.2) is 5.96 Å². The average Bonchev–Trinajstić information content (AvgIpc) is 2.93. The lowest BCUT2D eigenvalue weighted by atomic mass is 10.2. The van der Waals surface area contributed by atoms with Crippen molar-refractivity contribution in [2.45, 2.75) is 13.1 Å². The molecule has 2 aromatic rings. The molecule has 0 unspecified atom stereocenters. The molecule has 0 bridgehead atoms. The van der Waals surface area contributed by atoms with Crippen molar-refractivity contribution in [1.82, 2.24) is 20.4 Å². The van der Waals surface area contributed by atoms with Gasteiger partial charge < -0.3 is 15.4 Å². The SMILES string of the molecule is CN=C(NCc1ccc(OC)cc1)NCc1ccnn1C. The summed E-state index contributed by atoms with van der Waals surface area (Å²) >= 11 is 0. The smallest absolute Gasteiger partial charge is 0.191 e. The van der Waals surface area contributed by atoms with Crippen LogP contribution in [0.15, 0.2) is 41.5 Å². The number of hydrogen-bond acceptors (Lipinski definition) is 3. The molecule has 0 spiro atoms. The second-order valence-corrected chi connectivity index (χ2v) is 4.57. The van der Waals surface area contributed by atoms with Crippen LogP contribution < -0.4 is 15.4 Å². The van der Waals surface area contributed by atoms with Crippen molar-refractivity contribution in [2.75, 3.05) is 14.2 Å². The van der Waals surface area contributed by atoms with Gasteiger partial charge in [0.25, 0.3) is 0 Å². The van der Waals surface area contributed by atoms with Gasteiger partial charge in [-0.05, 0) is 23.8 Å². The van der Waals surface area contributed by atoms with E-state index in [1.54, 1.807) is 20.4 Å². The lowest BCUT2D eigenvalue weighted by molar-refractivity contribution is 0.414. The van der Waals surface area contributed by atoms with E-state index < -0.39 is 0 Å². The minimum Gasteiger partial charge on any atom is -0.497 e. The second kappa shape index (κ2) is 7.33. The number of ether oxygens (including phenoxy) is 1. The fraction of sp³-hybridized carbons (Fsp3) is 0.333. The Balaban J connectivity index is 1.83. The third-order valence-electron chi connectivity index (χ3n) is 3.20. The van der Waals surface area contributed by atoms with Crippen molar-refractivity contribution in [2.24, 2.45) is 12.0 Å². The molecule has 1 aromatic heterocycles. The van der Waals surface area contributed by atoms with Crippen molar-refractivity contribution in [1.29, 1.82) is 0 Å². The van der Waals surface area contributed by atoms with Gasteiger partial charge in [-0.3, -0.25) is 9.67 Å². The van der Waals surface area contributed by atoms with Crippen molar-refractivity contribution < 1.29 is 4.74 Å². The van der Waals surface area contributed by atoms with Crippen molar-refractivity contribution >= 4 is 5.96 Å². The maximum absolute atomic E-state index is 5.14. The number of aromatic nitrogens is 2. The Morgan fingerprint density at radius 3 is 2.48 bits per heavy atom.